The predicted molar refractivity (Wildman–Crippen MR) is 68.4 cm³/mol. The van der Waals surface area contributed by atoms with Gasteiger partial charge in [-0.1, -0.05) is 6.92 Å². The Hall–Kier alpha value is 0.0100. The lowest BCUT2D eigenvalue weighted by Gasteiger charge is -2.03. The molecule has 0 amide bonds. The Balaban J connectivity index is 2.02. The molecule has 1 N–H and O–H groups in total. The molecule has 1 rings (SSSR count). The minimum atomic E-state index is 1.03. The van der Waals surface area contributed by atoms with Crippen LogP contribution in [0.4, 0.5) is 0 Å². The van der Waals surface area contributed by atoms with Crippen LogP contribution in [0.3, 0.4) is 0 Å². The monoisotopic (exact) mass is 229 g/mol. The molecule has 0 unspecified atom stereocenters. The highest BCUT2D eigenvalue weighted by Crippen LogP contribution is 2.12. The van der Waals surface area contributed by atoms with Crippen LogP contribution in [-0.4, -0.2) is 18.1 Å². The number of hydrogen-bond donors (Lipinski definition) is 1. The van der Waals surface area contributed by atoms with Gasteiger partial charge < -0.3 is 5.32 Å². The molecule has 0 saturated carbocycles. The molecule has 0 bridgehead atoms. The lowest BCUT2D eigenvalue weighted by molar-refractivity contribution is 0.678. The largest absolute Gasteiger partial charge is 0.313 e. The Labute approximate surface area is 95.3 Å². The van der Waals surface area contributed by atoms with E-state index in [0.717, 1.165) is 13.1 Å². The fourth-order valence-corrected chi connectivity index (χ4v) is 2.73. The highest BCUT2D eigenvalue weighted by atomic mass is 32.2. The summed E-state index contributed by atoms with van der Waals surface area (Å²) in [5, 5.41) is 7.93. The summed E-state index contributed by atoms with van der Waals surface area (Å²) in [4.78, 5) is 0. The first-order valence-electron chi connectivity index (χ1n) is 5.14. The van der Waals surface area contributed by atoms with Crippen LogP contribution >= 0.6 is 23.1 Å². The van der Waals surface area contributed by atoms with E-state index in [9.17, 15) is 0 Å². The lowest BCUT2D eigenvalue weighted by Crippen LogP contribution is -2.15. The fraction of sp³-hybridized carbons (Fsp3) is 0.636. The van der Waals surface area contributed by atoms with Gasteiger partial charge >= 0.3 is 0 Å². The standard InChI is InChI=1S/C11H19NS2/c1-3-13-6-4-5-12-7-11-9-14-8-10(11)2/h8-9,12H,3-7H2,1-2H3. The Bertz CT molecular complexity index is 245. The second kappa shape index (κ2) is 7.32. The fourth-order valence-electron chi connectivity index (χ4n) is 1.23. The summed E-state index contributed by atoms with van der Waals surface area (Å²) in [5.41, 5.74) is 2.88. The van der Waals surface area contributed by atoms with Crippen molar-refractivity contribution in [2.75, 3.05) is 18.1 Å². The van der Waals surface area contributed by atoms with Crippen molar-refractivity contribution in [3.63, 3.8) is 0 Å². The van der Waals surface area contributed by atoms with Gasteiger partial charge in [0, 0.05) is 6.54 Å². The average Bonchev–Trinajstić information content (AvgIpc) is 2.58. The molecule has 80 valence electrons. The molecule has 0 fully saturated rings. The molecule has 0 spiro atoms. The van der Waals surface area contributed by atoms with E-state index < -0.39 is 0 Å². The summed E-state index contributed by atoms with van der Waals surface area (Å²) in [7, 11) is 0. The summed E-state index contributed by atoms with van der Waals surface area (Å²) in [5.74, 6) is 2.52. The van der Waals surface area contributed by atoms with Gasteiger partial charge in [0.25, 0.3) is 0 Å². The van der Waals surface area contributed by atoms with Crippen LogP contribution in [-0.2, 0) is 6.54 Å². The molecule has 14 heavy (non-hydrogen) atoms. The van der Waals surface area contributed by atoms with Crippen LogP contribution in [0.15, 0.2) is 10.8 Å². The van der Waals surface area contributed by atoms with Gasteiger partial charge in [0.2, 0.25) is 0 Å². The summed E-state index contributed by atoms with van der Waals surface area (Å²) < 4.78 is 0. The van der Waals surface area contributed by atoms with Crippen molar-refractivity contribution in [3.8, 4) is 0 Å². The Morgan fingerprint density at radius 3 is 2.93 bits per heavy atom. The van der Waals surface area contributed by atoms with Crippen molar-refractivity contribution >= 4 is 23.1 Å². The third-order valence-corrected chi connectivity index (χ3v) is 4.02. The van der Waals surface area contributed by atoms with Gasteiger partial charge in [0.15, 0.2) is 0 Å². The van der Waals surface area contributed by atoms with Gasteiger partial charge in [0.05, 0.1) is 0 Å². The van der Waals surface area contributed by atoms with Gasteiger partial charge in [-0.25, -0.2) is 0 Å². The zero-order chi connectivity index (χ0) is 10.2. The highest BCUT2D eigenvalue weighted by Gasteiger charge is 1.97. The topological polar surface area (TPSA) is 12.0 Å². The first kappa shape index (κ1) is 12.1. The van der Waals surface area contributed by atoms with E-state index in [1.54, 1.807) is 11.3 Å². The third kappa shape index (κ3) is 4.49. The summed E-state index contributed by atoms with van der Waals surface area (Å²) in [6.45, 7) is 6.57. The molecule has 1 nitrogen and oxygen atoms in total. The molecule has 0 aliphatic rings. The van der Waals surface area contributed by atoms with Crippen LogP contribution in [0.5, 0.6) is 0 Å². The van der Waals surface area contributed by atoms with Crippen LogP contribution < -0.4 is 5.32 Å². The Morgan fingerprint density at radius 2 is 2.29 bits per heavy atom. The van der Waals surface area contributed by atoms with Crippen LogP contribution in [0, 0.1) is 6.92 Å². The molecule has 0 saturated heterocycles. The van der Waals surface area contributed by atoms with Gasteiger partial charge in [-0.15, -0.1) is 0 Å². The van der Waals surface area contributed by atoms with Crippen molar-refractivity contribution in [3.05, 3.63) is 21.9 Å². The predicted octanol–water partition coefficient (Wildman–Crippen LogP) is 3.29. The molecule has 0 aromatic carbocycles. The zero-order valence-electron chi connectivity index (χ0n) is 9.01. The maximum absolute atomic E-state index is 3.48. The molecule has 0 radical (unpaired) electrons. The molecule has 1 aromatic rings. The number of thioether (sulfide) groups is 1. The minimum Gasteiger partial charge on any atom is -0.313 e. The quantitative estimate of drug-likeness (QED) is 0.720. The number of thiophene rings is 1. The van der Waals surface area contributed by atoms with Gasteiger partial charge in [-0.3, -0.25) is 0 Å². The van der Waals surface area contributed by atoms with Gasteiger partial charge in [0.1, 0.15) is 0 Å². The van der Waals surface area contributed by atoms with E-state index in [1.165, 1.54) is 29.1 Å². The molecule has 0 atom stereocenters. The number of aryl methyl sites for hydroxylation is 1. The minimum absolute atomic E-state index is 1.03. The number of hydrogen-bond acceptors (Lipinski definition) is 3. The van der Waals surface area contributed by atoms with E-state index in [0.29, 0.717) is 0 Å². The second-order valence-electron chi connectivity index (χ2n) is 3.31. The second-order valence-corrected chi connectivity index (χ2v) is 5.44. The van der Waals surface area contributed by atoms with Crippen molar-refractivity contribution in [1.29, 1.82) is 0 Å². The summed E-state index contributed by atoms with van der Waals surface area (Å²) >= 11 is 3.82. The summed E-state index contributed by atoms with van der Waals surface area (Å²) in [6, 6.07) is 0. The molecule has 3 heteroatoms. The third-order valence-electron chi connectivity index (χ3n) is 2.12. The lowest BCUT2D eigenvalue weighted by atomic mass is 10.2. The van der Waals surface area contributed by atoms with E-state index in [-0.39, 0.29) is 0 Å². The van der Waals surface area contributed by atoms with E-state index >= 15 is 0 Å². The molecule has 0 aliphatic carbocycles. The smallest absolute Gasteiger partial charge is 0.0216 e. The Morgan fingerprint density at radius 1 is 1.43 bits per heavy atom. The first-order chi connectivity index (χ1) is 6.84. The SMILES string of the molecule is CCSCCCNCc1cscc1C. The molecule has 1 aromatic heterocycles. The van der Waals surface area contributed by atoms with Crippen molar-refractivity contribution in [2.45, 2.75) is 26.8 Å². The van der Waals surface area contributed by atoms with E-state index in [1.807, 2.05) is 11.8 Å². The van der Waals surface area contributed by atoms with Crippen molar-refractivity contribution in [1.82, 2.24) is 5.32 Å². The first-order valence-corrected chi connectivity index (χ1v) is 7.24. The molecular weight excluding hydrogens is 210 g/mol. The van der Waals surface area contributed by atoms with Crippen molar-refractivity contribution in [2.24, 2.45) is 0 Å². The zero-order valence-corrected chi connectivity index (χ0v) is 10.6. The Kier molecular flexibility index (Phi) is 6.32. The van der Waals surface area contributed by atoms with Crippen LogP contribution in [0.1, 0.15) is 24.5 Å². The number of nitrogens with one attached hydrogen (secondary N) is 1. The summed E-state index contributed by atoms with van der Waals surface area (Å²) in [6.07, 6.45) is 1.28. The van der Waals surface area contributed by atoms with E-state index in [4.69, 9.17) is 0 Å². The number of rotatable bonds is 7. The maximum atomic E-state index is 3.48. The van der Waals surface area contributed by atoms with E-state index in [2.05, 4.69) is 29.9 Å². The van der Waals surface area contributed by atoms with Gasteiger partial charge in [-0.2, -0.15) is 23.1 Å². The average molecular weight is 229 g/mol. The van der Waals surface area contributed by atoms with Crippen LogP contribution in [0.25, 0.3) is 0 Å². The molecule has 0 aliphatic heterocycles. The molecule has 1 heterocycles. The molecular formula is C11H19NS2. The van der Waals surface area contributed by atoms with Crippen LogP contribution in [0.2, 0.25) is 0 Å². The normalized spacial score (nSPS) is 10.7. The van der Waals surface area contributed by atoms with Gasteiger partial charge in [-0.05, 0) is 53.3 Å². The highest BCUT2D eigenvalue weighted by molar-refractivity contribution is 7.99. The maximum Gasteiger partial charge on any atom is 0.0216 e. The van der Waals surface area contributed by atoms with Crippen molar-refractivity contribution < 1.29 is 0 Å².